The standard InChI is InChI=1S/C19H27F/c1-9-14(5)18(12-4)15(6)16(10-2)13-17(11-3)19(7,8)20/h9-11,13H,1,3,6,12H2,2,4-5,7-8H3/b16-10-,17-13+,18-14-. The molecule has 0 nitrogen and oxygen atoms in total. The van der Waals surface area contributed by atoms with Crippen LogP contribution in [-0.2, 0) is 0 Å². The molecule has 0 aliphatic carbocycles. The predicted molar refractivity (Wildman–Crippen MR) is 89.6 cm³/mol. The molecule has 0 saturated carbocycles. The van der Waals surface area contributed by atoms with Gasteiger partial charge in [-0.25, -0.2) is 4.39 Å². The van der Waals surface area contributed by atoms with Crippen molar-refractivity contribution in [3.63, 3.8) is 0 Å². The number of rotatable bonds is 7. The summed E-state index contributed by atoms with van der Waals surface area (Å²) < 4.78 is 14.1. The third-order valence-corrected chi connectivity index (χ3v) is 3.38. The van der Waals surface area contributed by atoms with Crippen molar-refractivity contribution in [1.29, 1.82) is 0 Å². The van der Waals surface area contributed by atoms with E-state index in [2.05, 4.69) is 26.7 Å². The van der Waals surface area contributed by atoms with E-state index < -0.39 is 5.67 Å². The smallest absolute Gasteiger partial charge is 0.130 e. The zero-order chi connectivity index (χ0) is 15.9. The molecule has 0 bridgehead atoms. The van der Waals surface area contributed by atoms with Crippen LogP contribution in [0.15, 0.2) is 71.9 Å². The van der Waals surface area contributed by atoms with Crippen LogP contribution in [0, 0.1) is 0 Å². The van der Waals surface area contributed by atoms with Gasteiger partial charge in [-0.1, -0.05) is 44.9 Å². The van der Waals surface area contributed by atoms with Gasteiger partial charge in [0.25, 0.3) is 0 Å². The molecule has 0 spiro atoms. The van der Waals surface area contributed by atoms with Gasteiger partial charge in [-0.05, 0) is 68.1 Å². The molecule has 0 aromatic carbocycles. The predicted octanol–water partition coefficient (Wildman–Crippen LogP) is 6.26. The highest BCUT2D eigenvalue weighted by Gasteiger charge is 2.20. The normalized spacial score (nSPS) is 14.7. The fraction of sp³-hybridized carbons (Fsp3) is 0.368. The molecule has 110 valence electrons. The average Bonchev–Trinajstić information content (AvgIpc) is 2.38. The Bertz CT molecular complexity index is 476. The first-order valence-electron chi connectivity index (χ1n) is 6.94. The third kappa shape index (κ3) is 4.80. The summed E-state index contributed by atoms with van der Waals surface area (Å²) in [6.45, 7) is 20.7. The molecular formula is C19H27F. The first-order chi connectivity index (χ1) is 9.22. The van der Waals surface area contributed by atoms with Gasteiger partial charge in [0, 0.05) is 0 Å². The van der Waals surface area contributed by atoms with E-state index in [1.165, 1.54) is 13.8 Å². The van der Waals surface area contributed by atoms with Crippen LogP contribution < -0.4 is 0 Å². The summed E-state index contributed by atoms with van der Waals surface area (Å²) >= 11 is 0. The highest BCUT2D eigenvalue weighted by molar-refractivity contribution is 5.54. The molecule has 0 unspecified atom stereocenters. The average molecular weight is 274 g/mol. The van der Waals surface area contributed by atoms with Gasteiger partial charge in [0.2, 0.25) is 0 Å². The lowest BCUT2D eigenvalue weighted by molar-refractivity contribution is 0.274. The second-order valence-electron chi connectivity index (χ2n) is 5.22. The van der Waals surface area contributed by atoms with Crippen LogP contribution in [0.3, 0.4) is 0 Å². The van der Waals surface area contributed by atoms with Gasteiger partial charge in [-0.3, -0.25) is 0 Å². The maximum Gasteiger partial charge on any atom is 0.130 e. The van der Waals surface area contributed by atoms with Crippen molar-refractivity contribution >= 4 is 0 Å². The SMILES string of the molecule is C=C/C(C)=C(/CC)C(=C)C(=C\C)/C=C(\C=C)C(C)(C)F. The topological polar surface area (TPSA) is 0 Å². The van der Waals surface area contributed by atoms with Gasteiger partial charge in [0.15, 0.2) is 0 Å². The molecular weight excluding hydrogens is 247 g/mol. The lowest BCUT2D eigenvalue weighted by Crippen LogP contribution is -2.14. The fourth-order valence-electron chi connectivity index (χ4n) is 2.01. The van der Waals surface area contributed by atoms with Crippen LogP contribution in [0.5, 0.6) is 0 Å². The van der Waals surface area contributed by atoms with E-state index in [-0.39, 0.29) is 0 Å². The van der Waals surface area contributed by atoms with Crippen LogP contribution in [0.4, 0.5) is 4.39 Å². The maximum atomic E-state index is 14.1. The van der Waals surface area contributed by atoms with Gasteiger partial charge in [-0.15, -0.1) is 0 Å². The minimum Gasteiger partial charge on any atom is -0.239 e. The van der Waals surface area contributed by atoms with E-state index in [9.17, 15) is 4.39 Å². The van der Waals surface area contributed by atoms with Gasteiger partial charge >= 0.3 is 0 Å². The van der Waals surface area contributed by atoms with Crippen molar-refractivity contribution in [1.82, 2.24) is 0 Å². The molecule has 0 heterocycles. The Morgan fingerprint density at radius 2 is 1.75 bits per heavy atom. The Kier molecular flexibility index (Phi) is 7.20. The summed E-state index contributed by atoms with van der Waals surface area (Å²) in [6, 6.07) is 0. The van der Waals surface area contributed by atoms with Crippen molar-refractivity contribution in [3.05, 3.63) is 71.9 Å². The summed E-state index contributed by atoms with van der Waals surface area (Å²) in [5, 5.41) is 0. The molecule has 0 aromatic heterocycles. The molecule has 0 aromatic rings. The summed E-state index contributed by atoms with van der Waals surface area (Å²) in [5.74, 6) is 0. The molecule has 0 N–H and O–H groups in total. The lowest BCUT2D eigenvalue weighted by atomic mass is 9.90. The number of alkyl halides is 1. The van der Waals surface area contributed by atoms with E-state index >= 15 is 0 Å². The van der Waals surface area contributed by atoms with E-state index in [4.69, 9.17) is 0 Å². The van der Waals surface area contributed by atoms with Gasteiger partial charge in [-0.2, -0.15) is 0 Å². The minimum atomic E-state index is -1.42. The zero-order valence-electron chi connectivity index (χ0n) is 13.5. The van der Waals surface area contributed by atoms with Gasteiger partial charge in [0.05, 0.1) is 0 Å². The molecule has 1 heteroatoms. The molecule has 0 atom stereocenters. The number of hydrogen-bond donors (Lipinski definition) is 0. The van der Waals surface area contributed by atoms with Crippen LogP contribution in [0.1, 0.15) is 41.0 Å². The van der Waals surface area contributed by atoms with Crippen molar-refractivity contribution in [2.24, 2.45) is 0 Å². The molecule has 0 amide bonds. The summed E-state index contributed by atoms with van der Waals surface area (Å²) in [5.41, 5.74) is 3.22. The first-order valence-corrected chi connectivity index (χ1v) is 6.94. The van der Waals surface area contributed by atoms with E-state index in [0.29, 0.717) is 5.57 Å². The van der Waals surface area contributed by atoms with Crippen LogP contribution >= 0.6 is 0 Å². The van der Waals surface area contributed by atoms with Crippen molar-refractivity contribution in [2.75, 3.05) is 0 Å². The molecule has 20 heavy (non-hydrogen) atoms. The molecule has 0 radical (unpaired) electrons. The number of hydrogen-bond acceptors (Lipinski definition) is 0. The zero-order valence-corrected chi connectivity index (χ0v) is 13.5. The second-order valence-corrected chi connectivity index (χ2v) is 5.22. The molecule has 0 aliphatic rings. The second kappa shape index (κ2) is 7.84. The van der Waals surface area contributed by atoms with Crippen LogP contribution in [-0.4, -0.2) is 5.67 Å². The quantitative estimate of drug-likeness (QED) is 0.480. The third-order valence-electron chi connectivity index (χ3n) is 3.38. The van der Waals surface area contributed by atoms with Crippen molar-refractivity contribution in [3.8, 4) is 0 Å². The summed E-state index contributed by atoms with van der Waals surface area (Å²) in [6.07, 6.45) is 8.02. The highest BCUT2D eigenvalue weighted by atomic mass is 19.1. The van der Waals surface area contributed by atoms with E-state index in [1.807, 2.05) is 32.1 Å². The first kappa shape index (κ1) is 18.4. The van der Waals surface area contributed by atoms with Crippen LogP contribution in [0.25, 0.3) is 0 Å². The van der Waals surface area contributed by atoms with Gasteiger partial charge in [0.1, 0.15) is 5.67 Å². The van der Waals surface area contributed by atoms with Crippen LogP contribution in [0.2, 0.25) is 0 Å². The summed E-state index contributed by atoms with van der Waals surface area (Å²) in [4.78, 5) is 0. The van der Waals surface area contributed by atoms with Gasteiger partial charge < -0.3 is 0 Å². The Labute approximate surface area is 123 Å². The Balaban J connectivity index is 5.75. The van der Waals surface area contributed by atoms with E-state index in [1.54, 1.807) is 6.08 Å². The maximum absolute atomic E-state index is 14.1. The van der Waals surface area contributed by atoms with E-state index in [0.717, 1.165) is 28.7 Å². The monoisotopic (exact) mass is 274 g/mol. The molecule has 0 aliphatic heterocycles. The lowest BCUT2D eigenvalue weighted by Gasteiger charge is -2.18. The summed E-state index contributed by atoms with van der Waals surface area (Å²) in [7, 11) is 0. The molecule has 0 fully saturated rings. The Morgan fingerprint density at radius 3 is 2.05 bits per heavy atom. The molecule has 0 rings (SSSR count). The van der Waals surface area contributed by atoms with Crippen molar-refractivity contribution < 1.29 is 4.39 Å². The Morgan fingerprint density at radius 1 is 1.20 bits per heavy atom. The van der Waals surface area contributed by atoms with Crippen molar-refractivity contribution in [2.45, 2.75) is 46.7 Å². The number of allylic oxidation sites excluding steroid dienone is 9. The highest BCUT2D eigenvalue weighted by Crippen LogP contribution is 2.29. The largest absolute Gasteiger partial charge is 0.239 e. The minimum absolute atomic E-state index is 0.554. The number of halogens is 1. The fourth-order valence-corrected chi connectivity index (χ4v) is 2.01. The molecule has 0 saturated heterocycles. The Hall–Kier alpha value is -1.63.